The highest BCUT2D eigenvalue weighted by Crippen LogP contribution is 1.84. The highest BCUT2D eigenvalue weighted by Gasteiger charge is 2.03. The maximum atomic E-state index is 11.8. The molecule has 0 aliphatic rings. The number of hydrogen-bond acceptors (Lipinski definition) is 3. The Labute approximate surface area is 87.9 Å². The monoisotopic (exact) mass is 212 g/mol. The van der Waals surface area contributed by atoms with Crippen LogP contribution in [0.15, 0.2) is 21.9 Å². The second kappa shape index (κ2) is 5.50. The highest BCUT2D eigenvalue weighted by atomic mass is 16.5. The van der Waals surface area contributed by atoms with Gasteiger partial charge in [0.2, 0.25) is 0 Å². The molecule has 0 saturated heterocycles. The van der Waals surface area contributed by atoms with Gasteiger partial charge in [0.05, 0.1) is 13.2 Å². The molecule has 0 bridgehead atoms. The van der Waals surface area contributed by atoms with E-state index in [-0.39, 0.29) is 11.2 Å². The van der Waals surface area contributed by atoms with Gasteiger partial charge >= 0.3 is 5.69 Å². The first-order valence-corrected chi connectivity index (χ1v) is 5.00. The van der Waals surface area contributed by atoms with Crippen molar-refractivity contribution < 1.29 is 4.74 Å². The van der Waals surface area contributed by atoms with Crippen LogP contribution in [-0.2, 0) is 17.8 Å². The van der Waals surface area contributed by atoms with E-state index in [1.807, 2.05) is 6.92 Å². The molecule has 0 spiro atoms. The van der Waals surface area contributed by atoms with Crippen molar-refractivity contribution in [2.45, 2.75) is 26.4 Å². The molecule has 0 unspecified atom stereocenters. The van der Waals surface area contributed by atoms with Crippen LogP contribution >= 0.6 is 0 Å². The summed E-state index contributed by atoms with van der Waals surface area (Å²) in [7, 11) is 1.54. The van der Waals surface area contributed by atoms with Gasteiger partial charge in [0.15, 0.2) is 0 Å². The van der Waals surface area contributed by atoms with Crippen LogP contribution in [0.5, 0.6) is 0 Å². The second-order valence-corrected chi connectivity index (χ2v) is 3.27. The molecule has 5 nitrogen and oxygen atoms in total. The van der Waals surface area contributed by atoms with Crippen molar-refractivity contribution in [3.63, 3.8) is 0 Å². The van der Waals surface area contributed by atoms with Crippen LogP contribution < -0.4 is 11.2 Å². The SMILES string of the molecule is CCCn1ccc(=O)n(CCOC)c1=O. The van der Waals surface area contributed by atoms with Crippen molar-refractivity contribution in [2.75, 3.05) is 13.7 Å². The Hall–Kier alpha value is -1.36. The average molecular weight is 212 g/mol. The van der Waals surface area contributed by atoms with Gasteiger partial charge in [0.25, 0.3) is 5.56 Å². The molecule has 0 radical (unpaired) electrons. The fraction of sp³-hybridized carbons (Fsp3) is 0.600. The van der Waals surface area contributed by atoms with Crippen LogP contribution in [0.3, 0.4) is 0 Å². The lowest BCUT2D eigenvalue weighted by Crippen LogP contribution is -2.39. The maximum Gasteiger partial charge on any atom is 0.331 e. The van der Waals surface area contributed by atoms with E-state index in [1.54, 1.807) is 7.11 Å². The van der Waals surface area contributed by atoms with E-state index in [4.69, 9.17) is 4.74 Å². The molecule has 1 aromatic heterocycles. The Morgan fingerprint density at radius 2 is 2.07 bits per heavy atom. The van der Waals surface area contributed by atoms with Gasteiger partial charge in [-0.3, -0.25) is 9.36 Å². The molecule has 1 aromatic rings. The van der Waals surface area contributed by atoms with Crippen molar-refractivity contribution in [2.24, 2.45) is 0 Å². The topological polar surface area (TPSA) is 53.2 Å². The Morgan fingerprint density at radius 1 is 1.33 bits per heavy atom. The molecule has 0 atom stereocenters. The fourth-order valence-corrected chi connectivity index (χ4v) is 1.36. The van der Waals surface area contributed by atoms with Gasteiger partial charge in [-0.2, -0.15) is 0 Å². The van der Waals surface area contributed by atoms with Gasteiger partial charge < -0.3 is 9.30 Å². The predicted octanol–water partition coefficient (Wildman–Crippen LogP) is 0.0664. The van der Waals surface area contributed by atoms with E-state index >= 15 is 0 Å². The predicted molar refractivity (Wildman–Crippen MR) is 57.1 cm³/mol. The zero-order chi connectivity index (χ0) is 11.3. The van der Waals surface area contributed by atoms with Crippen LogP contribution in [0.4, 0.5) is 0 Å². The summed E-state index contributed by atoms with van der Waals surface area (Å²) in [5.74, 6) is 0. The van der Waals surface area contributed by atoms with Crippen molar-refractivity contribution in [3.8, 4) is 0 Å². The lowest BCUT2D eigenvalue weighted by atomic mass is 10.4. The van der Waals surface area contributed by atoms with Gasteiger partial charge in [-0.05, 0) is 6.42 Å². The number of ether oxygens (including phenoxy) is 1. The van der Waals surface area contributed by atoms with Crippen LogP contribution in [0.1, 0.15) is 13.3 Å². The minimum atomic E-state index is -0.274. The van der Waals surface area contributed by atoms with Crippen molar-refractivity contribution in [3.05, 3.63) is 33.1 Å². The van der Waals surface area contributed by atoms with E-state index in [9.17, 15) is 9.59 Å². The standard InChI is InChI=1S/C10H16N2O3/c1-3-5-11-6-4-9(13)12(10(11)14)7-8-15-2/h4,6H,3,5,7-8H2,1-2H3. The Kier molecular flexibility index (Phi) is 4.30. The van der Waals surface area contributed by atoms with Crippen LogP contribution in [0.2, 0.25) is 0 Å². The van der Waals surface area contributed by atoms with Gasteiger partial charge in [-0.1, -0.05) is 6.92 Å². The third-order valence-electron chi connectivity index (χ3n) is 2.12. The van der Waals surface area contributed by atoms with Gasteiger partial charge in [0, 0.05) is 25.9 Å². The van der Waals surface area contributed by atoms with Crippen molar-refractivity contribution in [1.82, 2.24) is 9.13 Å². The summed E-state index contributed by atoms with van der Waals surface area (Å²) in [6, 6.07) is 1.41. The molecule has 0 aliphatic carbocycles. The van der Waals surface area contributed by atoms with E-state index in [1.165, 1.54) is 21.4 Å². The van der Waals surface area contributed by atoms with E-state index < -0.39 is 0 Å². The lowest BCUT2D eigenvalue weighted by molar-refractivity contribution is 0.184. The van der Waals surface area contributed by atoms with Gasteiger partial charge in [0.1, 0.15) is 0 Å². The average Bonchev–Trinajstić information content (AvgIpc) is 2.22. The molecule has 5 heteroatoms. The molecule has 84 valence electrons. The molecule has 0 fully saturated rings. The summed E-state index contributed by atoms with van der Waals surface area (Å²) < 4.78 is 7.58. The Morgan fingerprint density at radius 3 is 2.67 bits per heavy atom. The minimum Gasteiger partial charge on any atom is -0.383 e. The van der Waals surface area contributed by atoms with Crippen molar-refractivity contribution >= 4 is 0 Å². The molecule has 15 heavy (non-hydrogen) atoms. The Bertz CT molecular complexity index is 419. The largest absolute Gasteiger partial charge is 0.383 e. The summed E-state index contributed by atoms with van der Waals surface area (Å²) in [6.07, 6.45) is 2.40. The summed E-state index contributed by atoms with van der Waals surface area (Å²) in [5, 5.41) is 0. The molecular weight excluding hydrogens is 196 g/mol. The maximum absolute atomic E-state index is 11.8. The summed E-state index contributed by atoms with van der Waals surface area (Å²) in [4.78, 5) is 23.2. The minimum absolute atomic E-state index is 0.263. The first kappa shape index (κ1) is 11.7. The zero-order valence-corrected chi connectivity index (χ0v) is 9.10. The molecule has 0 saturated carbocycles. The third-order valence-corrected chi connectivity index (χ3v) is 2.12. The first-order chi connectivity index (χ1) is 7.20. The van der Waals surface area contributed by atoms with Crippen LogP contribution in [-0.4, -0.2) is 22.9 Å². The molecule has 0 aromatic carbocycles. The number of aromatic nitrogens is 2. The zero-order valence-electron chi connectivity index (χ0n) is 9.10. The molecule has 1 rings (SSSR count). The first-order valence-electron chi connectivity index (χ1n) is 5.00. The lowest BCUT2D eigenvalue weighted by Gasteiger charge is -2.07. The number of rotatable bonds is 5. The molecule has 0 aliphatic heterocycles. The Balaban J connectivity index is 3.07. The number of methoxy groups -OCH3 is 1. The summed E-state index contributed by atoms with van der Waals surface area (Å²) in [6.45, 7) is 3.28. The van der Waals surface area contributed by atoms with Gasteiger partial charge in [-0.25, -0.2) is 4.79 Å². The van der Waals surface area contributed by atoms with Crippen molar-refractivity contribution in [1.29, 1.82) is 0 Å². The normalized spacial score (nSPS) is 10.5. The number of aryl methyl sites for hydroxylation is 1. The van der Waals surface area contributed by atoms with Crippen LogP contribution in [0, 0.1) is 0 Å². The van der Waals surface area contributed by atoms with E-state index in [2.05, 4.69) is 0 Å². The number of hydrogen-bond donors (Lipinski definition) is 0. The molecule has 0 amide bonds. The van der Waals surface area contributed by atoms with E-state index in [0.29, 0.717) is 19.7 Å². The number of nitrogens with zero attached hydrogens (tertiary/aromatic N) is 2. The van der Waals surface area contributed by atoms with E-state index in [0.717, 1.165) is 6.42 Å². The fourth-order valence-electron chi connectivity index (χ4n) is 1.36. The highest BCUT2D eigenvalue weighted by molar-refractivity contribution is 4.86. The molecule has 0 N–H and O–H groups in total. The summed E-state index contributed by atoms with van der Waals surface area (Å²) >= 11 is 0. The smallest absolute Gasteiger partial charge is 0.331 e. The molecular formula is C10H16N2O3. The quantitative estimate of drug-likeness (QED) is 0.694. The third kappa shape index (κ3) is 2.79. The molecule has 1 heterocycles. The summed E-state index contributed by atoms with van der Waals surface area (Å²) in [5.41, 5.74) is -0.536. The van der Waals surface area contributed by atoms with Crippen LogP contribution in [0.25, 0.3) is 0 Å². The second-order valence-electron chi connectivity index (χ2n) is 3.27. The van der Waals surface area contributed by atoms with Gasteiger partial charge in [-0.15, -0.1) is 0 Å².